The zero-order valence-electron chi connectivity index (χ0n) is 11.5. The van der Waals surface area contributed by atoms with E-state index in [1.54, 1.807) is 6.07 Å². The lowest BCUT2D eigenvalue weighted by atomic mass is 10.2. The lowest BCUT2D eigenvalue weighted by molar-refractivity contribution is 0.0599. The van der Waals surface area contributed by atoms with Crippen LogP contribution in [0.5, 0.6) is 0 Å². The van der Waals surface area contributed by atoms with E-state index in [2.05, 4.69) is 15.6 Å². The highest BCUT2D eigenvalue weighted by atomic mass is 16.5. The number of esters is 1. The number of pyridine rings is 1. The van der Waals surface area contributed by atoms with E-state index in [1.165, 1.54) is 20.0 Å². The molecule has 1 aliphatic carbocycles. The number of nitrogens with zero attached hydrogens (tertiary/aromatic N) is 1. The topological polar surface area (TPSA) is 63.2 Å². The molecule has 1 saturated carbocycles. The Morgan fingerprint density at radius 1 is 1.42 bits per heavy atom. The minimum absolute atomic E-state index is 0.342. The SMILES string of the molecule is COC(=O)c1ccc(NCCCNC2CC2)nc1C. The summed E-state index contributed by atoms with van der Waals surface area (Å²) in [5.41, 5.74) is 1.21. The predicted octanol–water partition coefficient (Wildman–Crippen LogP) is 1.73. The molecule has 0 saturated heterocycles. The first-order valence-corrected chi connectivity index (χ1v) is 6.74. The molecule has 0 spiro atoms. The van der Waals surface area contributed by atoms with Gasteiger partial charge in [0.1, 0.15) is 5.82 Å². The highest BCUT2D eigenvalue weighted by molar-refractivity contribution is 5.90. The lowest BCUT2D eigenvalue weighted by Gasteiger charge is -2.09. The molecule has 5 heteroatoms. The van der Waals surface area contributed by atoms with Crippen molar-refractivity contribution in [3.63, 3.8) is 0 Å². The van der Waals surface area contributed by atoms with Crippen LogP contribution < -0.4 is 10.6 Å². The molecule has 0 bridgehead atoms. The summed E-state index contributed by atoms with van der Waals surface area (Å²) in [5.74, 6) is 0.460. The fraction of sp³-hybridized carbons (Fsp3) is 0.571. The Balaban J connectivity index is 1.76. The molecule has 5 nitrogen and oxygen atoms in total. The van der Waals surface area contributed by atoms with E-state index in [4.69, 9.17) is 4.74 Å². The third kappa shape index (κ3) is 4.21. The molecule has 1 aliphatic rings. The van der Waals surface area contributed by atoms with Crippen molar-refractivity contribution in [1.82, 2.24) is 10.3 Å². The Morgan fingerprint density at radius 2 is 2.21 bits per heavy atom. The fourth-order valence-corrected chi connectivity index (χ4v) is 1.88. The number of nitrogens with one attached hydrogen (secondary N) is 2. The number of ether oxygens (including phenoxy) is 1. The summed E-state index contributed by atoms with van der Waals surface area (Å²) in [6.45, 7) is 3.73. The number of hydrogen-bond acceptors (Lipinski definition) is 5. The van der Waals surface area contributed by atoms with Crippen molar-refractivity contribution >= 4 is 11.8 Å². The van der Waals surface area contributed by atoms with Gasteiger partial charge < -0.3 is 15.4 Å². The second-order valence-electron chi connectivity index (χ2n) is 4.83. The maximum atomic E-state index is 11.4. The third-order valence-electron chi connectivity index (χ3n) is 3.16. The fourth-order valence-electron chi connectivity index (χ4n) is 1.88. The van der Waals surface area contributed by atoms with Crippen molar-refractivity contribution in [1.29, 1.82) is 0 Å². The normalized spacial score (nSPS) is 14.2. The van der Waals surface area contributed by atoms with E-state index < -0.39 is 0 Å². The first-order chi connectivity index (χ1) is 9.20. The van der Waals surface area contributed by atoms with Gasteiger partial charge in [0.15, 0.2) is 0 Å². The van der Waals surface area contributed by atoms with Gasteiger partial charge in [-0.05, 0) is 44.9 Å². The number of hydrogen-bond donors (Lipinski definition) is 2. The first kappa shape index (κ1) is 13.8. The van der Waals surface area contributed by atoms with Crippen molar-refractivity contribution in [3.8, 4) is 0 Å². The molecule has 1 aromatic heterocycles. The van der Waals surface area contributed by atoms with Gasteiger partial charge in [-0.2, -0.15) is 0 Å². The largest absolute Gasteiger partial charge is 0.465 e. The zero-order chi connectivity index (χ0) is 13.7. The van der Waals surface area contributed by atoms with Crippen LogP contribution in [0.25, 0.3) is 0 Å². The number of carbonyl (C=O) groups excluding carboxylic acids is 1. The lowest BCUT2D eigenvalue weighted by Crippen LogP contribution is -2.20. The number of aryl methyl sites for hydroxylation is 1. The van der Waals surface area contributed by atoms with Gasteiger partial charge in [0.2, 0.25) is 0 Å². The molecule has 1 heterocycles. The van der Waals surface area contributed by atoms with Crippen molar-refractivity contribution in [3.05, 3.63) is 23.4 Å². The summed E-state index contributed by atoms with van der Waals surface area (Å²) < 4.78 is 4.69. The highest BCUT2D eigenvalue weighted by Crippen LogP contribution is 2.18. The van der Waals surface area contributed by atoms with E-state index >= 15 is 0 Å². The average molecular weight is 263 g/mol. The second kappa shape index (κ2) is 6.52. The van der Waals surface area contributed by atoms with Crippen LogP contribution in [-0.2, 0) is 4.74 Å². The number of carbonyl (C=O) groups is 1. The van der Waals surface area contributed by atoms with Gasteiger partial charge in [0.05, 0.1) is 18.4 Å². The summed E-state index contributed by atoms with van der Waals surface area (Å²) in [6.07, 6.45) is 3.71. The number of methoxy groups -OCH3 is 1. The van der Waals surface area contributed by atoms with Gasteiger partial charge in [0.25, 0.3) is 0 Å². The number of rotatable bonds is 7. The Labute approximate surface area is 113 Å². The van der Waals surface area contributed by atoms with Crippen LogP contribution in [0.3, 0.4) is 0 Å². The van der Waals surface area contributed by atoms with Crippen LogP contribution in [0.2, 0.25) is 0 Å². The molecule has 2 N–H and O–H groups in total. The molecule has 104 valence electrons. The minimum atomic E-state index is -0.342. The number of aromatic nitrogens is 1. The van der Waals surface area contributed by atoms with Crippen molar-refractivity contribution in [2.45, 2.75) is 32.2 Å². The monoisotopic (exact) mass is 263 g/mol. The molecule has 0 radical (unpaired) electrons. The smallest absolute Gasteiger partial charge is 0.339 e. The Bertz CT molecular complexity index is 444. The molecule has 0 aromatic carbocycles. The zero-order valence-corrected chi connectivity index (χ0v) is 11.5. The predicted molar refractivity (Wildman–Crippen MR) is 74.4 cm³/mol. The third-order valence-corrected chi connectivity index (χ3v) is 3.16. The van der Waals surface area contributed by atoms with Crippen LogP contribution >= 0.6 is 0 Å². The summed E-state index contributed by atoms with van der Waals surface area (Å²) >= 11 is 0. The maximum Gasteiger partial charge on any atom is 0.339 e. The van der Waals surface area contributed by atoms with Crippen LogP contribution in [0.15, 0.2) is 12.1 Å². The Hall–Kier alpha value is -1.62. The van der Waals surface area contributed by atoms with Crippen LogP contribution in [0, 0.1) is 6.92 Å². The van der Waals surface area contributed by atoms with Gasteiger partial charge >= 0.3 is 5.97 Å². The van der Waals surface area contributed by atoms with Crippen molar-refractivity contribution < 1.29 is 9.53 Å². The molecule has 19 heavy (non-hydrogen) atoms. The van der Waals surface area contributed by atoms with Crippen molar-refractivity contribution in [2.24, 2.45) is 0 Å². The summed E-state index contributed by atoms with van der Waals surface area (Å²) in [6, 6.07) is 4.33. The van der Waals surface area contributed by atoms with Crippen molar-refractivity contribution in [2.75, 3.05) is 25.5 Å². The van der Waals surface area contributed by atoms with Crippen LogP contribution in [0.4, 0.5) is 5.82 Å². The maximum absolute atomic E-state index is 11.4. The molecule has 1 fully saturated rings. The Kier molecular flexibility index (Phi) is 4.74. The summed E-state index contributed by atoms with van der Waals surface area (Å²) in [7, 11) is 1.38. The van der Waals surface area contributed by atoms with Gasteiger partial charge in [-0.15, -0.1) is 0 Å². The van der Waals surface area contributed by atoms with E-state index in [1.807, 2.05) is 13.0 Å². The molecular formula is C14H21N3O2. The Morgan fingerprint density at radius 3 is 2.84 bits per heavy atom. The second-order valence-corrected chi connectivity index (χ2v) is 4.83. The van der Waals surface area contributed by atoms with E-state index in [-0.39, 0.29) is 5.97 Å². The van der Waals surface area contributed by atoms with Gasteiger partial charge in [-0.1, -0.05) is 0 Å². The molecule has 0 amide bonds. The molecular weight excluding hydrogens is 242 g/mol. The summed E-state index contributed by atoms with van der Waals surface area (Å²) in [5, 5.41) is 6.72. The molecule has 0 unspecified atom stereocenters. The minimum Gasteiger partial charge on any atom is -0.465 e. The van der Waals surface area contributed by atoms with E-state index in [0.29, 0.717) is 11.3 Å². The highest BCUT2D eigenvalue weighted by Gasteiger charge is 2.19. The average Bonchev–Trinajstić information content (AvgIpc) is 3.22. The quantitative estimate of drug-likeness (QED) is 0.579. The first-order valence-electron chi connectivity index (χ1n) is 6.74. The van der Waals surface area contributed by atoms with E-state index in [0.717, 1.165) is 31.4 Å². The summed E-state index contributed by atoms with van der Waals surface area (Å²) in [4.78, 5) is 15.8. The standard InChI is InChI=1S/C14H21N3O2/c1-10-12(14(18)19-2)6-7-13(17-10)16-9-3-8-15-11-4-5-11/h6-7,11,15H,3-5,8-9H2,1-2H3,(H,16,17). The van der Waals surface area contributed by atoms with Crippen LogP contribution in [-0.4, -0.2) is 37.2 Å². The molecule has 0 atom stereocenters. The number of anilines is 1. The van der Waals surface area contributed by atoms with Gasteiger partial charge in [0, 0.05) is 12.6 Å². The van der Waals surface area contributed by atoms with Crippen LogP contribution in [0.1, 0.15) is 35.3 Å². The molecule has 0 aliphatic heterocycles. The van der Waals surface area contributed by atoms with E-state index in [9.17, 15) is 4.79 Å². The molecule has 2 rings (SSSR count). The van der Waals surface area contributed by atoms with Gasteiger partial charge in [-0.25, -0.2) is 9.78 Å². The molecule has 1 aromatic rings. The van der Waals surface area contributed by atoms with Gasteiger partial charge in [-0.3, -0.25) is 0 Å².